The molecule has 0 bridgehead atoms. The molecule has 5 nitrogen and oxygen atoms in total. The first-order valence-electron chi connectivity index (χ1n) is 7.06. The highest BCUT2D eigenvalue weighted by Crippen LogP contribution is 2.24. The quantitative estimate of drug-likeness (QED) is 0.736. The predicted octanol–water partition coefficient (Wildman–Crippen LogP) is 0.218. The van der Waals surface area contributed by atoms with Gasteiger partial charge in [-0.25, -0.2) is 0 Å². The standard InChI is InChI=1S/C13H25N3O2/c1-3-14-12(13(17)18)9-16-8-11-5-4-6-15(11)7-10(16)2/h10-12,14H,3-9H2,1-2H3,(H,17,18). The molecule has 104 valence electrons. The van der Waals surface area contributed by atoms with Gasteiger partial charge in [0.2, 0.25) is 0 Å². The zero-order chi connectivity index (χ0) is 13.1. The van der Waals surface area contributed by atoms with Crippen LogP contribution in [0.5, 0.6) is 0 Å². The predicted molar refractivity (Wildman–Crippen MR) is 70.7 cm³/mol. The molecule has 2 saturated heterocycles. The highest BCUT2D eigenvalue weighted by atomic mass is 16.4. The molecular weight excluding hydrogens is 230 g/mol. The molecule has 0 aliphatic carbocycles. The monoisotopic (exact) mass is 255 g/mol. The van der Waals surface area contributed by atoms with Crippen molar-refractivity contribution in [3.63, 3.8) is 0 Å². The smallest absolute Gasteiger partial charge is 0.322 e. The summed E-state index contributed by atoms with van der Waals surface area (Å²) in [5.74, 6) is -0.738. The van der Waals surface area contributed by atoms with E-state index < -0.39 is 12.0 Å². The van der Waals surface area contributed by atoms with Gasteiger partial charge in [-0.05, 0) is 32.9 Å². The maximum atomic E-state index is 11.2. The van der Waals surface area contributed by atoms with Crippen LogP contribution in [0.3, 0.4) is 0 Å². The molecule has 0 spiro atoms. The molecule has 2 N–H and O–H groups in total. The van der Waals surface area contributed by atoms with Gasteiger partial charge in [0, 0.05) is 31.7 Å². The number of carboxylic acid groups (broad SMARTS) is 1. The second kappa shape index (κ2) is 5.99. The van der Waals surface area contributed by atoms with Gasteiger partial charge < -0.3 is 10.4 Å². The van der Waals surface area contributed by atoms with Crippen molar-refractivity contribution in [2.45, 2.75) is 44.8 Å². The molecule has 2 aliphatic heterocycles. The zero-order valence-electron chi connectivity index (χ0n) is 11.4. The maximum absolute atomic E-state index is 11.2. The van der Waals surface area contributed by atoms with Crippen LogP contribution < -0.4 is 5.32 Å². The second-order valence-corrected chi connectivity index (χ2v) is 5.54. The number of carbonyl (C=O) groups is 1. The molecule has 0 radical (unpaired) electrons. The van der Waals surface area contributed by atoms with Gasteiger partial charge in [0.25, 0.3) is 0 Å². The first-order chi connectivity index (χ1) is 8.61. The van der Waals surface area contributed by atoms with Gasteiger partial charge in [-0.1, -0.05) is 6.92 Å². The fourth-order valence-corrected chi connectivity index (χ4v) is 3.21. The van der Waals surface area contributed by atoms with E-state index in [1.807, 2.05) is 6.92 Å². The summed E-state index contributed by atoms with van der Waals surface area (Å²) in [6, 6.07) is 0.669. The van der Waals surface area contributed by atoms with E-state index in [4.69, 9.17) is 0 Å². The summed E-state index contributed by atoms with van der Waals surface area (Å²) in [4.78, 5) is 16.1. The van der Waals surface area contributed by atoms with Crippen LogP contribution in [-0.2, 0) is 4.79 Å². The van der Waals surface area contributed by atoms with E-state index >= 15 is 0 Å². The van der Waals surface area contributed by atoms with E-state index in [-0.39, 0.29) is 0 Å². The third-order valence-corrected chi connectivity index (χ3v) is 4.23. The van der Waals surface area contributed by atoms with Crippen molar-refractivity contribution >= 4 is 5.97 Å². The summed E-state index contributed by atoms with van der Waals surface area (Å²) in [7, 11) is 0. The Hall–Kier alpha value is -0.650. The molecule has 2 heterocycles. The first-order valence-corrected chi connectivity index (χ1v) is 7.06. The van der Waals surface area contributed by atoms with Crippen LogP contribution in [0.15, 0.2) is 0 Å². The molecule has 3 unspecified atom stereocenters. The van der Waals surface area contributed by atoms with Gasteiger partial charge in [-0.2, -0.15) is 0 Å². The van der Waals surface area contributed by atoms with Crippen LogP contribution >= 0.6 is 0 Å². The van der Waals surface area contributed by atoms with Crippen molar-refractivity contribution in [1.29, 1.82) is 0 Å². The number of carboxylic acids is 1. The SMILES string of the molecule is CCNC(CN1CC2CCCN2CC1C)C(=O)O. The minimum atomic E-state index is -0.738. The molecule has 0 aromatic heterocycles. The molecular formula is C13H25N3O2. The number of nitrogens with one attached hydrogen (secondary N) is 1. The van der Waals surface area contributed by atoms with Crippen LogP contribution in [0.25, 0.3) is 0 Å². The Labute approximate surface area is 109 Å². The summed E-state index contributed by atoms with van der Waals surface area (Å²) in [5.41, 5.74) is 0. The first kappa shape index (κ1) is 13.8. The van der Waals surface area contributed by atoms with E-state index in [2.05, 4.69) is 22.0 Å². The van der Waals surface area contributed by atoms with E-state index in [1.54, 1.807) is 0 Å². The number of likely N-dealkylation sites (N-methyl/N-ethyl adjacent to an activating group) is 1. The Morgan fingerprint density at radius 2 is 2.28 bits per heavy atom. The molecule has 2 aliphatic rings. The number of hydrogen-bond acceptors (Lipinski definition) is 4. The molecule has 2 fully saturated rings. The van der Waals surface area contributed by atoms with Crippen LogP contribution in [0.4, 0.5) is 0 Å². The molecule has 2 rings (SSSR count). The van der Waals surface area contributed by atoms with Gasteiger partial charge in [0.15, 0.2) is 0 Å². The number of rotatable bonds is 5. The van der Waals surface area contributed by atoms with Crippen molar-refractivity contribution < 1.29 is 9.90 Å². The lowest BCUT2D eigenvalue weighted by atomic mass is 10.1. The fourth-order valence-electron chi connectivity index (χ4n) is 3.21. The van der Waals surface area contributed by atoms with Crippen LogP contribution in [0, 0.1) is 0 Å². The lowest BCUT2D eigenvalue weighted by Crippen LogP contribution is -2.58. The van der Waals surface area contributed by atoms with Crippen molar-refractivity contribution in [2.75, 3.05) is 32.7 Å². The van der Waals surface area contributed by atoms with Crippen LogP contribution in [-0.4, -0.2) is 71.7 Å². The highest BCUT2D eigenvalue weighted by molar-refractivity contribution is 5.73. The van der Waals surface area contributed by atoms with Crippen LogP contribution in [0.1, 0.15) is 26.7 Å². The van der Waals surface area contributed by atoms with Gasteiger partial charge in [0.05, 0.1) is 0 Å². The lowest BCUT2D eigenvalue weighted by Gasteiger charge is -2.43. The Morgan fingerprint density at radius 1 is 1.50 bits per heavy atom. The maximum Gasteiger partial charge on any atom is 0.322 e. The third kappa shape index (κ3) is 3.02. The molecule has 0 aromatic rings. The van der Waals surface area contributed by atoms with Crippen molar-refractivity contribution in [3.8, 4) is 0 Å². The Bertz CT molecular complexity index is 298. The summed E-state index contributed by atoms with van der Waals surface area (Å²) < 4.78 is 0. The minimum absolute atomic E-state index is 0.439. The van der Waals surface area contributed by atoms with Crippen molar-refractivity contribution in [2.24, 2.45) is 0 Å². The second-order valence-electron chi connectivity index (χ2n) is 5.54. The Balaban J connectivity index is 1.93. The third-order valence-electron chi connectivity index (χ3n) is 4.23. The summed E-state index contributed by atoms with van der Waals surface area (Å²) in [6.45, 7) is 8.81. The average molecular weight is 255 g/mol. The number of piperazine rings is 1. The van der Waals surface area contributed by atoms with E-state index in [9.17, 15) is 9.90 Å². The molecule has 0 aromatic carbocycles. The average Bonchev–Trinajstić information content (AvgIpc) is 2.75. The number of fused-ring (bicyclic) bond motifs is 1. The number of aliphatic carboxylic acids is 1. The van der Waals surface area contributed by atoms with Crippen LogP contribution in [0.2, 0.25) is 0 Å². The molecule has 0 saturated carbocycles. The normalized spacial score (nSPS) is 31.2. The largest absolute Gasteiger partial charge is 0.480 e. The van der Waals surface area contributed by atoms with Crippen molar-refractivity contribution in [1.82, 2.24) is 15.1 Å². The molecule has 5 heteroatoms. The number of hydrogen-bond donors (Lipinski definition) is 2. The summed E-state index contributed by atoms with van der Waals surface area (Å²) >= 11 is 0. The Kier molecular flexibility index (Phi) is 4.59. The summed E-state index contributed by atoms with van der Waals surface area (Å²) in [5, 5.41) is 12.3. The van der Waals surface area contributed by atoms with E-state index in [0.29, 0.717) is 25.2 Å². The van der Waals surface area contributed by atoms with Gasteiger partial charge in [0.1, 0.15) is 6.04 Å². The molecule has 3 atom stereocenters. The minimum Gasteiger partial charge on any atom is -0.480 e. The Morgan fingerprint density at radius 3 is 2.94 bits per heavy atom. The number of nitrogens with zero attached hydrogens (tertiary/aromatic N) is 2. The lowest BCUT2D eigenvalue weighted by molar-refractivity contribution is -0.140. The molecule has 18 heavy (non-hydrogen) atoms. The molecule has 0 amide bonds. The van der Waals surface area contributed by atoms with Gasteiger partial charge >= 0.3 is 5.97 Å². The zero-order valence-corrected chi connectivity index (χ0v) is 11.4. The van der Waals surface area contributed by atoms with Gasteiger partial charge in [-0.15, -0.1) is 0 Å². The summed E-state index contributed by atoms with van der Waals surface area (Å²) in [6.07, 6.45) is 2.56. The van der Waals surface area contributed by atoms with E-state index in [1.165, 1.54) is 19.4 Å². The fraction of sp³-hybridized carbons (Fsp3) is 0.923. The van der Waals surface area contributed by atoms with Crippen molar-refractivity contribution in [3.05, 3.63) is 0 Å². The van der Waals surface area contributed by atoms with Gasteiger partial charge in [-0.3, -0.25) is 14.6 Å². The highest BCUT2D eigenvalue weighted by Gasteiger charge is 2.35. The topological polar surface area (TPSA) is 55.8 Å². The van der Waals surface area contributed by atoms with E-state index in [0.717, 1.165) is 13.1 Å².